The van der Waals surface area contributed by atoms with Gasteiger partial charge in [-0.25, -0.2) is 4.98 Å². The largest absolute Gasteiger partial charge is 0.375 e. The molecule has 1 heterocycles. The van der Waals surface area contributed by atoms with E-state index < -0.39 is 0 Å². The fraction of sp³-hybridized carbons (Fsp3) is 0.263. The van der Waals surface area contributed by atoms with E-state index in [1.54, 1.807) is 18.3 Å². The predicted octanol–water partition coefficient (Wildman–Crippen LogP) is 3.65. The molecule has 5 heteroatoms. The number of ether oxygens (including phenoxy) is 1. The van der Waals surface area contributed by atoms with Crippen LogP contribution in [0.4, 0.5) is 11.5 Å². The summed E-state index contributed by atoms with van der Waals surface area (Å²) in [6.45, 7) is 9.49. The highest BCUT2D eigenvalue weighted by Crippen LogP contribution is 2.11. The number of pyridine rings is 1. The average Bonchev–Trinajstić information content (AvgIpc) is 2.57. The average molecular weight is 325 g/mol. The molecule has 0 atom stereocenters. The Labute approximate surface area is 142 Å². The number of nitrogens with one attached hydrogen (secondary N) is 2. The van der Waals surface area contributed by atoms with Gasteiger partial charge < -0.3 is 15.4 Å². The summed E-state index contributed by atoms with van der Waals surface area (Å²) in [6, 6.07) is 11.2. The van der Waals surface area contributed by atoms with E-state index in [1.807, 2.05) is 38.1 Å². The van der Waals surface area contributed by atoms with Crippen LogP contribution in [0.1, 0.15) is 22.8 Å². The van der Waals surface area contributed by atoms with Crippen molar-refractivity contribution < 1.29 is 9.53 Å². The monoisotopic (exact) mass is 325 g/mol. The van der Waals surface area contributed by atoms with Gasteiger partial charge >= 0.3 is 0 Å². The molecule has 1 aromatic carbocycles. The fourth-order valence-corrected chi connectivity index (χ4v) is 1.97. The van der Waals surface area contributed by atoms with Crippen LogP contribution in [-0.2, 0) is 4.74 Å². The number of benzene rings is 1. The van der Waals surface area contributed by atoms with E-state index in [1.165, 1.54) is 0 Å². The summed E-state index contributed by atoms with van der Waals surface area (Å²) >= 11 is 0. The summed E-state index contributed by atoms with van der Waals surface area (Å²) in [5, 5.41) is 5.99. The van der Waals surface area contributed by atoms with Crippen LogP contribution in [0, 0.1) is 6.92 Å². The molecule has 0 bridgehead atoms. The van der Waals surface area contributed by atoms with Crippen LogP contribution in [-0.4, -0.2) is 30.6 Å². The van der Waals surface area contributed by atoms with Crippen molar-refractivity contribution in [2.45, 2.75) is 13.8 Å². The Kier molecular flexibility index (Phi) is 6.51. The molecule has 2 aromatic rings. The predicted molar refractivity (Wildman–Crippen MR) is 97.5 cm³/mol. The fourth-order valence-electron chi connectivity index (χ4n) is 1.97. The number of anilines is 2. The third kappa shape index (κ3) is 5.85. The second kappa shape index (κ2) is 8.84. The number of hydrogen-bond acceptors (Lipinski definition) is 4. The first-order chi connectivity index (χ1) is 11.5. The molecule has 0 saturated carbocycles. The molecule has 1 aromatic heterocycles. The molecule has 2 rings (SSSR count). The van der Waals surface area contributed by atoms with Gasteiger partial charge in [0.1, 0.15) is 5.82 Å². The number of aromatic nitrogens is 1. The zero-order valence-electron chi connectivity index (χ0n) is 14.1. The highest BCUT2D eigenvalue weighted by atomic mass is 16.5. The molecule has 24 heavy (non-hydrogen) atoms. The van der Waals surface area contributed by atoms with Gasteiger partial charge in [0.05, 0.1) is 18.8 Å². The Bertz CT molecular complexity index is 679. The number of carbonyl (C=O) groups is 1. The van der Waals surface area contributed by atoms with E-state index in [-0.39, 0.29) is 5.91 Å². The Morgan fingerprint density at radius 1 is 1.21 bits per heavy atom. The topological polar surface area (TPSA) is 63.2 Å². The summed E-state index contributed by atoms with van der Waals surface area (Å²) in [5.41, 5.74) is 3.43. The molecule has 0 fully saturated rings. The standard InChI is InChI=1S/C19H23N3O2/c1-14(2)13-24-11-10-20-18-9-6-16(12-21-18)19(23)22-17-7-4-15(3)5-8-17/h4-9,12H,1,10-11,13H2,2-3H3,(H,20,21)(H,22,23). The first-order valence-corrected chi connectivity index (χ1v) is 7.84. The van der Waals surface area contributed by atoms with Gasteiger partial charge in [0, 0.05) is 18.4 Å². The lowest BCUT2D eigenvalue weighted by atomic mass is 10.2. The van der Waals surface area contributed by atoms with E-state index >= 15 is 0 Å². The molecule has 0 radical (unpaired) electrons. The van der Waals surface area contributed by atoms with Crippen molar-refractivity contribution in [1.82, 2.24) is 4.98 Å². The lowest BCUT2D eigenvalue weighted by molar-refractivity contribution is 0.102. The summed E-state index contributed by atoms with van der Waals surface area (Å²) < 4.78 is 5.40. The van der Waals surface area contributed by atoms with Gasteiger partial charge in [-0.05, 0) is 38.1 Å². The zero-order valence-corrected chi connectivity index (χ0v) is 14.1. The molecule has 0 spiro atoms. The summed E-state index contributed by atoms with van der Waals surface area (Å²) in [4.78, 5) is 16.4. The molecule has 2 N–H and O–H groups in total. The first-order valence-electron chi connectivity index (χ1n) is 7.84. The van der Waals surface area contributed by atoms with Crippen LogP contribution in [0.2, 0.25) is 0 Å². The molecule has 5 nitrogen and oxygen atoms in total. The molecule has 1 amide bonds. The van der Waals surface area contributed by atoms with Crippen molar-refractivity contribution in [3.8, 4) is 0 Å². The van der Waals surface area contributed by atoms with Gasteiger partial charge in [0.25, 0.3) is 5.91 Å². The number of amides is 1. The van der Waals surface area contributed by atoms with Gasteiger partial charge in [-0.15, -0.1) is 0 Å². The van der Waals surface area contributed by atoms with E-state index in [2.05, 4.69) is 22.2 Å². The minimum Gasteiger partial charge on any atom is -0.375 e. The maximum Gasteiger partial charge on any atom is 0.257 e. The van der Waals surface area contributed by atoms with Crippen molar-refractivity contribution in [2.75, 3.05) is 30.4 Å². The quantitative estimate of drug-likeness (QED) is 0.574. The smallest absolute Gasteiger partial charge is 0.257 e. The van der Waals surface area contributed by atoms with E-state index in [0.29, 0.717) is 31.1 Å². The van der Waals surface area contributed by atoms with Crippen LogP contribution in [0.25, 0.3) is 0 Å². The SMILES string of the molecule is C=C(C)COCCNc1ccc(C(=O)Nc2ccc(C)cc2)cn1. The third-order valence-corrected chi connectivity index (χ3v) is 3.24. The Hall–Kier alpha value is -2.66. The number of aryl methyl sites for hydroxylation is 1. The van der Waals surface area contributed by atoms with Gasteiger partial charge in [0.2, 0.25) is 0 Å². The van der Waals surface area contributed by atoms with Crippen LogP contribution in [0.3, 0.4) is 0 Å². The van der Waals surface area contributed by atoms with E-state index in [4.69, 9.17) is 4.74 Å². The summed E-state index contributed by atoms with van der Waals surface area (Å²) in [5.74, 6) is 0.531. The molecule has 0 unspecified atom stereocenters. The van der Waals surface area contributed by atoms with Crippen molar-refractivity contribution >= 4 is 17.4 Å². The summed E-state index contributed by atoms with van der Waals surface area (Å²) in [7, 11) is 0. The number of rotatable bonds is 8. The maximum atomic E-state index is 12.2. The first kappa shape index (κ1) is 17.7. The summed E-state index contributed by atoms with van der Waals surface area (Å²) in [6.07, 6.45) is 1.56. The lowest BCUT2D eigenvalue weighted by Gasteiger charge is -2.08. The van der Waals surface area contributed by atoms with Crippen LogP contribution < -0.4 is 10.6 Å². The van der Waals surface area contributed by atoms with Crippen molar-refractivity contribution in [3.63, 3.8) is 0 Å². The van der Waals surface area contributed by atoms with Crippen molar-refractivity contribution in [1.29, 1.82) is 0 Å². The van der Waals surface area contributed by atoms with Gasteiger partial charge in [0.15, 0.2) is 0 Å². The second-order valence-corrected chi connectivity index (χ2v) is 5.69. The normalized spacial score (nSPS) is 10.2. The van der Waals surface area contributed by atoms with Gasteiger partial charge in [-0.2, -0.15) is 0 Å². The Balaban J connectivity index is 1.81. The van der Waals surface area contributed by atoms with E-state index in [9.17, 15) is 4.79 Å². The number of carbonyl (C=O) groups excluding carboxylic acids is 1. The molecule has 0 saturated heterocycles. The number of nitrogens with zero attached hydrogens (tertiary/aromatic N) is 1. The molecular formula is C19H23N3O2. The van der Waals surface area contributed by atoms with Crippen molar-refractivity contribution in [2.24, 2.45) is 0 Å². The molecule has 126 valence electrons. The van der Waals surface area contributed by atoms with Gasteiger partial charge in [-0.3, -0.25) is 4.79 Å². The second-order valence-electron chi connectivity index (χ2n) is 5.69. The van der Waals surface area contributed by atoms with Gasteiger partial charge in [-0.1, -0.05) is 29.8 Å². The Morgan fingerprint density at radius 3 is 2.58 bits per heavy atom. The van der Waals surface area contributed by atoms with Crippen LogP contribution in [0.15, 0.2) is 54.7 Å². The van der Waals surface area contributed by atoms with E-state index in [0.717, 1.165) is 16.8 Å². The minimum atomic E-state index is -0.178. The highest BCUT2D eigenvalue weighted by Gasteiger charge is 2.06. The minimum absolute atomic E-state index is 0.178. The lowest BCUT2D eigenvalue weighted by Crippen LogP contribution is -2.14. The van der Waals surface area contributed by atoms with Crippen LogP contribution >= 0.6 is 0 Å². The third-order valence-electron chi connectivity index (χ3n) is 3.24. The van der Waals surface area contributed by atoms with Crippen molar-refractivity contribution in [3.05, 3.63) is 65.9 Å². The zero-order chi connectivity index (χ0) is 17.4. The Morgan fingerprint density at radius 2 is 1.96 bits per heavy atom. The molecular weight excluding hydrogens is 302 g/mol. The molecule has 0 aliphatic rings. The molecule has 0 aliphatic heterocycles. The maximum absolute atomic E-state index is 12.2. The number of hydrogen-bond donors (Lipinski definition) is 2. The highest BCUT2D eigenvalue weighted by molar-refractivity contribution is 6.04. The molecule has 0 aliphatic carbocycles. The van der Waals surface area contributed by atoms with Crippen LogP contribution in [0.5, 0.6) is 0 Å².